The summed E-state index contributed by atoms with van der Waals surface area (Å²) in [5.41, 5.74) is 0. The predicted octanol–water partition coefficient (Wildman–Crippen LogP) is 17.1. The smallest absolute Gasteiger partial charge is 0.306 e. The van der Waals surface area contributed by atoms with Gasteiger partial charge in [0.25, 0.3) is 0 Å². The van der Waals surface area contributed by atoms with Crippen molar-refractivity contribution < 1.29 is 28.6 Å². The molecule has 1 atom stereocenters. The summed E-state index contributed by atoms with van der Waals surface area (Å²) in [6.45, 7) is 6.22. The summed E-state index contributed by atoms with van der Waals surface area (Å²) in [6.07, 6.45) is 73.0. The monoisotopic (exact) mass is 897 g/mol. The largest absolute Gasteiger partial charge is 0.462 e. The van der Waals surface area contributed by atoms with Gasteiger partial charge in [0.05, 0.1) is 0 Å². The van der Waals surface area contributed by atoms with Crippen LogP contribution >= 0.6 is 0 Å². The Kier molecular flexibility index (Phi) is 48.6. The Hall–Kier alpha value is -4.45. The number of allylic oxidation sites excluding steroid dienone is 22. The normalized spacial score (nSPS) is 13.2. The van der Waals surface area contributed by atoms with Crippen LogP contribution in [0.15, 0.2) is 134 Å². The molecule has 0 aliphatic carbocycles. The number of ether oxygens (including phenoxy) is 3. The molecule has 0 fully saturated rings. The van der Waals surface area contributed by atoms with E-state index < -0.39 is 6.10 Å². The average Bonchev–Trinajstić information content (AvgIpc) is 3.30. The van der Waals surface area contributed by atoms with Crippen LogP contribution in [-0.2, 0) is 28.6 Å². The molecule has 0 spiro atoms. The fourth-order valence-corrected chi connectivity index (χ4v) is 6.53. The van der Waals surface area contributed by atoms with Crippen molar-refractivity contribution in [2.24, 2.45) is 0 Å². The second-order valence-electron chi connectivity index (χ2n) is 16.6. The van der Waals surface area contributed by atoms with E-state index >= 15 is 0 Å². The standard InChI is InChI=1S/C59H92O6/c1-4-7-10-13-16-19-22-25-27-28-29-30-32-34-37-40-43-46-49-52-58(61)64-55-56(54-63-57(60)51-48-45-42-39-36-33-24-21-18-15-12-9-6-3)65-59(62)53-50-47-44-41-38-35-31-26-23-20-17-14-11-8-5-2/h8-9,11-12,14-26,31,33,36,39,42,56H,4-7,10,13,27-30,32,34-35,37-38,40-41,43-55H2,1-3H3/b11-8-,12-9-,17-14-,18-15-,19-16-,23-20-,24-21-,25-22-,31-26-,36-33-,42-39-. The van der Waals surface area contributed by atoms with Crippen molar-refractivity contribution >= 4 is 17.9 Å². The lowest BCUT2D eigenvalue weighted by Gasteiger charge is -2.18. The maximum absolute atomic E-state index is 12.8. The van der Waals surface area contributed by atoms with Gasteiger partial charge in [0.15, 0.2) is 6.10 Å². The Morgan fingerprint density at radius 1 is 0.323 bits per heavy atom. The lowest BCUT2D eigenvalue weighted by atomic mass is 10.1. The molecule has 0 aromatic heterocycles. The lowest BCUT2D eigenvalue weighted by molar-refractivity contribution is -0.167. The topological polar surface area (TPSA) is 78.9 Å². The zero-order valence-electron chi connectivity index (χ0n) is 41.4. The molecule has 6 heteroatoms. The molecule has 0 bridgehead atoms. The fourth-order valence-electron chi connectivity index (χ4n) is 6.53. The average molecular weight is 897 g/mol. The van der Waals surface area contributed by atoms with Crippen molar-refractivity contribution in [1.29, 1.82) is 0 Å². The molecule has 0 N–H and O–H groups in total. The van der Waals surface area contributed by atoms with E-state index in [1.165, 1.54) is 77.0 Å². The summed E-state index contributed by atoms with van der Waals surface area (Å²) >= 11 is 0. The van der Waals surface area contributed by atoms with Crippen molar-refractivity contribution in [3.63, 3.8) is 0 Å². The molecular weight excluding hydrogens is 805 g/mol. The van der Waals surface area contributed by atoms with E-state index in [0.717, 1.165) is 77.0 Å². The summed E-state index contributed by atoms with van der Waals surface area (Å²) in [6, 6.07) is 0. The maximum Gasteiger partial charge on any atom is 0.306 e. The first-order valence-electron chi connectivity index (χ1n) is 25.8. The summed E-state index contributed by atoms with van der Waals surface area (Å²) < 4.78 is 16.7. The van der Waals surface area contributed by atoms with Crippen molar-refractivity contribution in [2.45, 2.75) is 207 Å². The van der Waals surface area contributed by atoms with Gasteiger partial charge in [-0.05, 0) is 77.0 Å². The van der Waals surface area contributed by atoms with Gasteiger partial charge in [0, 0.05) is 19.3 Å². The third-order valence-corrected chi connectivity index (χ3v) is 10.4. The zero-order valence-corrected chi connectivity index (χ0v) is 41.4. The molecule has 364 valence electrons. The van der Waals surface area contributed by atoms with E-state index in [4.69, 9.17) is 14.2 Å². The van der Waals surface area contributed by atoms with Gasteiger partial charge >= 0.3 is 17.9 Å². The molecule has 0 aliphatic heterocycles. The summed E-state index contributed by atoms with van der Waals surface area (Å²) in [5.74, 6) is -1.03. The van der Waals surface area contributed by atoms with Gasteiger partial charge in [-0.1, -0.05) is 238 Å². The third kappa shape index (κ3) is 50.4. The van der Waals surface area contributed by atoms with Crippen LogP contribution in [0.1, 0.15) is 201 Å². The highest BCUT2D eigenvalue weighted by Crippen LogP contribution is 2.14. The zero-order chi connectivity index (χ0) is 47.2. The summed E-state index contributed by atoms with van der Waals surface area (Å²) in [5, 5.41) is 0. The second kappa shape index (κ2) is 52.2. The van der Waals surface area contributed by atoms with Crippen molar-refractivity contribution in [2.75, 3.05) is 13.2 Å². The minimum atomic E-state index is -0.825. The number of hydrogen-bond acceptors (Lipinski definition) is 6. The minimum Gasteiger partial charge on any atom is -0.462 e. The Labute approximate surface area is 398 Å². The molecule has 0 saturated heterocycles. The van der Waals surface area contributed by atoms with E-state index in [1.54, 1.807) is 0 Å². The van der Waals surface area contributed by atoms with Crippen LogP contribution in [0.2, 0.25) is 0 Å². The number of carbonyl (C=O) groups is 3. The van der Waals surface area contributed by atoms with Crippen molar-refractivity contribution in [1.82, 2.24) is 0 Å². The molecular formula is C59H92O6. The molecule has 0 heterocycles. The molecule has 0 amide bonds. The van der Waals surface area contributed by atoms with Crippen LogP contribution in [0.25, 0.3) is 0 Å². The molecule has 0 aromatic rings. The van der Waals surface area contributed by atoms with Gasteiger partial charge in [-0.2, -0.15) is 0 Å². The van der Waals surface area contributed by atoms with Crippen LogP contribution in [0.4, 0.5) is 0 Å². The lowest BCUT2D eigenvalue weighted by Crippen LogP contribution is -2.30. The number of carbonyl (C=O) groups excluding carboxylic acids is 3. The van der Waals surface area contributed by atoms with Gasteiger partial charge in [0.2, 0.25) is 0 Å². The number of unbranched alkanes of at least 4 members (excludes halogenated alkanes) is 19. The van der Waals surface area contributed by atoms with Crippen LogP contribution < -0.4 is 0 Å². The van der Waals surface area contributed by atoms with E-state index in [2.05, 4.69) is 75.5 Å². The second-order valence-corrected chi connectivity index (χ2v) is 16.6. The minimum absolute atomic E-state index is 0.117. The molecule has 6 nitrogen and oxygen atoms in total. The van der Waals surface area contributed by atoms with Gasteiger partial charge in [-0.15, -0.1) is 0 Å². The maximum atomic E-state index is 12.8. The van der Waals surface area contributed by atoms with Crippen molar-refractivity contribution in [3.05, 3.63) is 134 Å². The van der Waals surface area contributed by atoms with E-state index in [0.29, 0.717) is 12.8 Å². The Morgan fingerprint density at radius 2 is 0.615 bits per heavy atom. The van der Waals surface area contributed by atoms with Crippen LogP contribution in [0, 0.1) is 0 Å². The Morgan fingerprint density at radius 3 is 1.02 bits per heavy atom. The van der Waals surface area contributed by atoms with E-state index in [-0.39, 0.29) is 44.0 Å². The quantitative estimate of drug-likeness (QED) is 0.0262. The highest BCUT2D eigenvalue weighted by atomic mass is 16.6. The predicted molar refractivity (Wildman–Crippen MR) is 279 cm³/mol. The fraction of sp³-hybridized carbons (Fsp3) is 0.576. The molecule has 1 unspecified atom stereocenters. The van der Waals surface area contributed by atoms with Gasteiger partial charge in [-0.3, -0.25) is 14.4 Å². The number of rotatable bonds is 44. The third-order valence-electron chi connectivity index (χ3n) is 10.4. The highest BCUT2D eigenvalue weighted by molar-refractivity contribution is 5.71. The Bertz CT molecular complexity index is 1450. The summed E-state index contributed by atoms with van der Waals surface area (Å²) in [7, 11) is 0. The molecule has 0 aromatic carbocycles. The van der Waals surface area contributed by atoms with Gasteiger partial charge < -0.3 is 14.2 Å². The first-order valence-corrected chi connectivity index (χ1v) is 25.8. The SMILES string of the molecule is CC\C=C/C=C\C=C/C=C\C=C/CCCC(=O)OCC(COC(=O)CCCCCCCCCCCC/C=C\C=C/CCCCC)OC(=O)CCCCCCC\C=C/C=C\C=C/C=C\CC. The Balaban J connectivity index is 4.51. The van der Waals surface area contributed by atoms with Crippen LogP contribution in [-0.4, -0.2) is 37.2 Å². The van der Waals surface area contributed by atoms with Crippen LogP contribution in [0.5, 0.6) is 0 Å². The number of esters is 3. The van der Waals surface area contributed by atoms with Gasteiger partial charge in [-0.25, -0.2) is 0 Å². The van der Waals surface area contributed by atoms with Crippen LogP contribution in [0.3, 0.4) is 0 Å². The molecule has 0 radical (unpaired) electrons. The van der Waals surface area contributed by atoms with E-state index in [1.807, 2.05) is 79.0 Å². The van der Waals surface area contributed by atoms with Crippen molar-refractivity contribution in [3.8, 4) is 0 Å². The molecule has 65 heavy (non-hydrogen) atoms. The number of hydrogen-bond donors (Lipinski definition) is 0. The first kappa shape index (κ1) is 60.5. The molecule has 0 aliphatic rings. The highest BCUT2D eigenvalue weighted by Gasteiger charge is 2.19. The van der Waals surface area contributed by atoms with Gasteiger partial charge in [0.1, 0.15) is 13.2 Å². The first-order chi connectivity index (χ1) is 32.0. The molecule has 0 saturated carbocycles. The summed E-state index contributed by atoms with van der Waals surface area (Å²) in [4.78, 5) is 38.0. The molecule has 0 rings (SSSR count). The van der Waals surface area contributed by atoms with E-state index in [9.17, 15) is 14.4 Å².